The number of rotatable bonds is 5. The van der Waals surface area contributed by atoms with Gasteiger partial charge >= 0.3 is 11.6 Å². The molecule has 1 aromatic carbocycles. The summed E-state index contributed by atoms with van der Waals surface area (Å²) >= 11 is 0. The van der Waals surface area contributed by atoms with Gasteiger partial charge in [-0.3, -0.25) is 9.36 Å². The lowest BCUT2D eigenvalue weighted by Gasteiger charge is -2.21. The molecule has 0 bridgehead atoms. The van der Waals surface area contributed by atoms with Crippen molar-refractivity contribution < 1.29 is 13.2 Å². The Balaban J connectivity index is 1.67. The Labute approximate surface area is 172 Å². The molecule has 1 aliphatic carbocycles. The van der Waals surface area contributed by atoms with E-state index < -0.39 is 32.7 Å². The smallest absolute Gasteiger partial charge is 0.328 e. The average Bonchev–Trinajstić information content (AvgIpc) is 3.05. The maximum Gasteiger partial charge on any atom is 0.328 e. The van der Waals surface area contributed by atoms with Crippen LogP contribution in [0.3, 0.4) is 0 Å². The quantitative estimate of drug-likeness (QED) is 0.548. The van der Waals surface area contributed by atoms with Gasteiger partial charge in [0.1, 0.15) is 5.52 Å². The predicted molar refractivity (Wildman–Crippen MR) is 111 cm³/mol. The molecule has 158 valence electrons. The summed E-state index contributed by atoms with van der Waals surface area (Å²) in [5.74, 6) is -1.47. The van der Waals surface area contributed by atoms with Gasteiger partial charge in [-0.15, -0.1) is 0 Å². The molecule has 1 fully saturated rings. The van der Waals surface area contributed by atoms with Crippen LogP contribution in [0.15, 0.2) is 35.1 Å². The van der Waals surface area contributed by atoms with E-state index in [4.69, 9.17) is 5.73 Å². The number of nitrogens with zero attached hydrogens (tertiary/aromatic N) is 3. The Morgan fingerprint density at radius 1 is 1.17 bits per heavy atom. The van der Waals surface area contributed by atoms with E-state index in [0.29, 0.717) is 12.8 Å². The van der Waals surface area contributed by atoms with Gasteiger partial charge in [0.2, 0.25) is 15.8 Å². The van der Waals surface area contributed by atoms with Crippen LogP contribution in [0.2, 0.25) is 0 Å². The maximum absolute atomic E-state index is 12.6. The largest absolute Gasteiger partial charge is 0.382 e. The number of H-pyrrole nitrogens is 1. The Bertz CT molecular complexity index is 1240. The third kappa shape index (κ3) is 3.92. The second-order valence-electron chi connectivity index (χ2n) is 7.37. The zero-order valence-corrected chi connectivity index (χ0v) is 17.0. The number of hydrogen-bond donors (Lipinski definition) is 3. The number of nitrogens with two attached hydrogens (primary N) is 1. The monoisotopic (exact) mass is 430 g/mol. The molecule has 2 heterocycles. The van der Waals surface area contributed by atoms with E-state index in [0.717, 1.165) is 24.8 Å². The number of aromatic amines is 1. The fraction of sp³-hybridized carbons (Fsp3) is 0.368. The van der Waals surface area contributed by atoms with E-state index in [1.165, 1.54) is 4.57 Å². The van der Waals surface area contributed by atoms with Crippen LogP contribution in [0, 0.1) is 0 Å². The highest BCUT2D eigenvalue weighted by Crippen LogP contribution is 2.23. The van der Waals surface area contributed by atoms with Crippen molar-refractivity contribution in [1.29, 1.82) is 0 Å². The number of amides is 1. The topological polar surface area (TPSA) is 153 Å². The molecule has 10 nitrogen and oxygen atoms in total. The maximum atomic E-state index is 12.6. The van der Waals surface area contributed by atoms with Gasteiger partial charge in [-0.2, -0.15) is 0 Å². The summed E-state index contributed by atoms with van der Waals surface area (Å²) in [5, 5.41) is -0.611. The molecule has 2 aromatic heterocycles. The fourth-order valence-electron chi connectivity index (χ4n) is 3.70. The normalized spacial score (nSPS) is 15.3. The van der Waals surface area contributed by atoms with Crippen LogP contribution in [0.5, 0.6) is 0 Å². The first-order chi connectivity index (χ1) is 14.3. The lowest BCUT2D eigenvalue weighted by Crippen LogP contribution is -2.40. The van der Waals surface area contributed by atoms with E-state index in [1.54, 1.807) is 0 Å². The molecule has 1 aliphatic rings. The molecule has 0 atom stereocenters. The molecule has 4 N–H and O–H groups in total. The number of anilines is 1. The highest BCUT2D eigenvalue weighted by atomic mass is 32.2. The molecule has 0 saturated heterocycles. The molecular weight excluding hydrogens is 408 g/mol. The SMILES string of the molecule is Nc1nc(C(=O)NS(=O)(=O)C2CCCCC2)nc2c1[nH]c(=O)n2Cc1ccccc1. The lowest BCUT2D eigenvalue weighted by atomic mass is 10.0. The first-order valence-electron chi connectivity index (χ1n) is 9.71. The zero-order chi connectivity index (χ0) is 21.3. The number of fused-ring (bicyclic) bond motifs is 1. The minimum absolute atomic E-state index is 0.107. The first-order valence-corrected chi connectivity index (χ1v) is 11.3. The van der Waals surface area contributed by atoms with Crippen LogP contribution < -0.4 is 16.1 Å². The summed E-state index contributed by atoms with van der Waals surface area (Å²) in [6, 6.07) is 9.23. The number of imidazole rings is 1. The molecule has 0 unspecified atom stereocenters. The summed E-state index contributed by atoms with van der Waals surface area (Å²) in [6.07, 6.45) is 3.63. The summed E-state index contributed by atoms with van der Waals surface area (Å²) < 4.78 is 28.5. The molecule has 0 radical (unpaired) electrons. The lowest BCUT2D eigenvalue weighted by molar-refractivity contribution is 0.0971. The Morgan fingerprint density at radius 3 is 2.57 bits per heavy atom. The van der Waals surface area contributed by atoms with E-state index in [9.17, 15) is 18.0 Å². The van der Waals surface area contributed by atoms with Crippen molar-refractivity contribution in [2.45, 2.75) is 43.9 Å². The van der Waals surface area contributed by atoms with Crippen molar-refractivity contribution in [3.63, 3.8) is 0 Å². The average molecular weight is 430 g/mol. The second-order valence-corrected chi connectivity index (χ2v) is 9.33. The number of nitrogen functional groups attached to an aromatic ring is 1. The number of benzene rings is 1. The molecule has 0 aliphatic heterocycles. The van der Waals surface area contributed by atoms with Crippen LogP contribution in [-0.2, 0) is 16.6 Å². The standard InChI is InChI=1S/C19H22N6O4S/c20-15-14-17(25(19(27)21-14)11-12-7-3-1-4-8-12)23-16(22-15)18(26)24-30(28,29)13-9-5-2-6-10-13/h1,3-4,7-8,13H,2,5-6,9-11H2,(H,21,27)(H,24,26)(H2,20,22,23). The predicted octanol–water partition coefficient (Wildman–Crippen LogP) is 1.14. The van der Waals surface area contributed by atoms with Gasteiger partial charge in [0, 0.05) is 0 Å². The van der Waals surface area contributed by atoms with E-state index in [1.807, 2.05) is 30.3 Å². The Hall–Kier alpha value is -3.21. The van der Waals surface area contributed by atoms with E-state index in [2.05, 4.69) is 19.7 Å². The molecular formula is C19H22N6O4S. The van der Waals surface area contributed by atoms with Gasteiger partial charge < -0.3 is 10.7 Å². The third-order valence-electron chi connectivity index (χ3n) is 5.26. The first kappa shape index (κ1) is 20.1. The van der Waals surface area contributed by atoms with Gasteiger partial charge in [0.05, 0.1) is 11.8 Å². The summed E-state index contributed by atoms with van der Waals surface area (Å²) in [5.41, 5.74) is 6.64. The van der Waals surface area contributed by atoms with Crippen molar-refractivity contribution in [1.82, 2.24) is 24.2 Å². The fourth-order valence-corrected chi connectivity index (χ4v) is 5.17. The van der Waals surface area contributed by atoms with Crippen molar-refractivity contribution in [3.05, 3.63) is 52.2 Å². The van der Waals surface area contributed by atoms with Crippen LogP contribution in [0.4, 0.5) is 5.82 Å². The zero-order valence-electron chi connectivity index (χ0n) is 16.2. The molecule has 4 rings (SSSR count). The van der Waals surface area contributed by atoms with Crippen LogP contribution in [-0.4, -0.2) is 39.1 Å². The summed E-state index contributed by atoms with van der Waals surface area (Å²) in [7, 11) is -3.85. The van der Waals surface area contributed by atoms with Crippen LogP contribution >= 0.6 is 0 Å². The molecule has 0 spiro atoms. The van der Waals surface area contributed by atoms with Gasteiger partial charge in [-0.05, 0) is 18.4 Å². The third-order valence-corrected chi connectivity index (χ3v) is 7.08. The van der Waals surface area contributed by atoms with Crippen molar-refractivity contribution >= 4 is 32.9 Å². The molecule has 11 heteroatoms. The molecule has 1 amide bonds. The Kier molecular flexibility index (Phi) is 5.29. The van der Waals surface area contributed by atoms with Gasteiger partial charge in [-0.1, -0.05) is 49.6 Å². The molecule has 30 heavy (non-hydrogen) atoms. The van der Waals surface area contributed by atoms with E-state index in [-0.39, 0.29) is 23.5 Å². The highest BCUT2D eigenvalue weighted by Gasteiger charge is 2.30. The molecule has 1 saturated carbocycles. The number of carbonyl (C=O) groups is 1. The van der Waals surface area contributed by atoms with E-state index >= 15 is 0 Å². The van der Waals surface area contributed by atoms with Gasteiger partial charge in [0.25, 0.3) is 0 Å². The number of nitrogens with one attached hydrogen (secondary N) is 2. The number of aromatic nitrogens is 4. The summed E-state index contributed by atoms with van der Waals surface area (Å²) in [6.45, 7) is 0.206. The van der Waals surface area contributed by atoms with Crippen molar-refractivity contribution in [2.24, 2.45) is 0 Å². The second kappa shape index (κ2) is 7.90. The van der Waals surface area contributed by atoms with Gasteiger partial charge in [0.15, 0.2) is 11.5 Å². The summed E-state index contributed by atoms with van der Waals surface area (Å²) in [4.78, 5) is 35.6. The van der Waals surface area contributed by atoms with Crippen molar-refractivity contribution in [2.75, 3.05) is 5.73 Å². The minimum Gasteiger partial charge on any atom is -0.382 e. The minimum atomic E-state index is -3.85. The number of carbonyl (C=O) groups excluding carboxylic acids is 1. The van der Waals surface area contributed by atoms with Crippen LogP contribution in [0.1, 0.15) is 48.3 Å². The Morgan fingerprint density at radius 2 is 1.87 bits per heavy atom. The number of sulfonamides is 1. The van der Waals surface area contributed by atoms with Crippen LogP contribution in [0.25, 0.3) is 11.2 Å². The number of hydrogen-bond acceptors (Lipinski definition) is 7. The van der Waals surface area contributed by atoms with Crippen molar-refractivity contribution in [3.8, 4) is 0 Å². The van der Waals surface area contributed by atoms with Gasteiger partial charge in [-0.25, -0.2) is 27.9 Å². The highest BCUT2D eigenvalue weighted by molar-refractivity contribution is 7.90. The molecule has 3 aromatic rings.